The van der Waals surface area contributed by atoms with Gasteiger partial charge in [0.05, 0.1) is 12.1 Å². The van der Waals surface area contributed by atoms with Crippen molar-refractivity contribution in [1.29, 1.82) is 0 Å². The fraction of sp³-hybridized carbons (Fsp3) is 0.250. The van der Waals surface area contributed by atoms with Gasteiger partial charge in [0.25, 0.3) is 5.91 Å². The SMILES string of the molecule is Cc1nc(-c2ccc3c(c2)OC[C@H]3NC(=O)c2cccc([C@H](C)O)c2)no1. The average Bonchev–Trinajstić information content (AvgIpc) is 3.28. The lowest BCUT2D eigenvalue weighted by Crippen LogP contribution is -2.29. The number of hydrogen-bond donors (Lipinski definition) is 2. The Kier molecular flexibility index (Phi) is 4.37. The van der Waals surface area contributed by atoms with E-state index in [1.54, 1.807) is 38.1 Å². The molecule has 0 fully saturated rings. The number of aryl methyl sites for hydroxylation is 1. The molecule has 1 aliphatic rings. The zero-order valence-electron chi connectivity index (χ0n) is 15.0. The lowest BCUT2D eigenvalue weighted by atomic mass is 10.0. The van der Waals surface area contributed by atoms with Gasteiger partial charge >= 0.3 is 0 Å². The van der Waals surface area contributed by atoms with Crippen molar-refractivity contribution in [3.8, 4) is 17.1 Å². The van der Waals surface area contributed by atoms with Crippen molar-refractivity contribution < 1.29 is 19.2 Å². The molecular formula is C20H19N3O4. The van der Waals surface area contributed by atoms with Crippen LogP contribution >= 0.6 is 0 Å². The number of nitrogens with one attached hydrogen (secondary N) is 1. The van der Waals surface area contributed by atoms with E-state index in [-0.39, 0.29) is 11.9 Å². The van der Waals surface area contributed by atoms with Crippen molar-refractivity contribution in [3.63, 3.8) is 0 Å². The highest BCUT2D eigenvalue weighted by Gasteiger charge is 2.27. The molecule has 3 aromatic rings. The Balaban J connectivity index is 1.53. The van der Waals surface area contributed by atoms with Gasteiger partial charge in [-0.2, -0.15) is 4.98 Å². The molecule has 0 aliphatic carbocycles. The molecule has 2 N–H and O–H groups in total. The van der Waals surface area contributed by atoms with Gasteiger partial charge in [-0.05, 0) is 30.7 Å². The third kappa shape index (κ3) is 3.41. The molecule has 0 saturated heterocycles. The molecule has 7 nitrogen and oxygen atoms in total. The fourth-order valence-electron chi connectivity index (χ4n) is 3.07. The first-order chi connectivity index (χ1) is 13.0. The molecular weight excluding hydrogens is 346 g/mol. The summed E-state index contributed by atoms with van der Waals surface area (Å²) in [6, 6.07) is 12.3. The maximum Gasteiger partial charge on any atom is 0.251 e. The quantitative estimate of drug-likeness (QED) is 0.738. The van der Waals surface area contributed by atoms with Crippen LogP contribution in [0, 0.1) is 6.92 Å². The van der Waals surface area contributed by atoms with Crippen molar-refractivity contribution >= 4 is 5.91 Å². The van der Waals surface area contributed by atoms with Gasteiger partial charge in [0.1, 0.15) is 12.4 Å². The topological polar surface area (TPSA) is 97.5 Å². The minimum absolute atomic E-state index is 0.211. The standard InChI is InChI=1S/C20H19N3O4/c1-11(24)13-4-3-5-15(8-13)20(25)22-17-10-26-18-9-14(6-7-16(17)18)19-21-12(2)27-23-19/h3-9,11,17,24H,10H2,1-2H3,(H,22,25)/t11-,17+/m0/s1. The first-order valence-electron chi connectivity index (χ1n) is 8.67. The second-order valence-electron chi connectivity index (χ2n) is 6.53. The Hall–Kier alpha value is -3.19. The molecule has 4 rings (SSSR count). The highest BCUT2D eigenvalue weighted by molar-refractivity contribution is 5.94. The number of benzene rings is 2. The number of rotatable bonds is 4. The Morgan fingerprint density at radius 3 is 2.89 bits per heavy atom. The van der Waals surface area contributed by atoms with Crippen LogP contribution in [0.1, 0.15) is 46.4 Å². The maximum atomic E-state index is 12.6. The van der Waals surface area contributed by atoms with Crippen LogP contribution in [0.3, 0.4) is 0 Å². The highest BCUT2D eigenvalue weighted by Crippen LogP contribution is 2.35. The molecule has 138 valence electrons. The van der Waals surface area contributed by atoms with Gasteiger partial charge in [0.15, 0.2) is 0 Å². The van der Waals surface area contributed by atoms with Crippen LogP contribution in [0.15, 0.2) is 47.0 Å². The van der Waals surface area contributed by atoms with E-state index in [0.29, 0.717) is 35.2 Å². The number of fused-ring (bicyclic) bond motifs is 1. The van der Waals surface area contributed by atoms with E-state index in [9.17, 15) is 9.90 Å². The number of nitrogens with zero attached hydrogens (tertiary/aromatic N) is 2. The summed E-state index contributed by atoms with van der Waals surface area (Å²) in [6.07, 6.45) is -0.625. The number of aliphatic hydroxyl groups excluding tert-OH is 1. The van der Waals surface area contributed by atoms with Gasteiger partial charge in [-0.25, -0.2) is 0 Å². The Morgan fingerprint density at radius 2 is 2.15 bits per heavy atom. The van der Waals surface area contributed by atoms with Gasteiger partial charge in [-0.1, -0.05) is 29.4 Å². The summed E-state index contributed by atoms with van der Waals surface area (Å²) < 4.78 is 10.7. The molecule has 2 atom stereocenters. The molecule has 0 saturated carbocycles. The summed E-state index contributed by atoms with van der Waals surface area (Å²) >= 11 is 0. The molecule has 1 aromatic heterocycles. The number of amides is 1. The normalized spacial score (nSPS) is 16.5. The number of hydrogen-bond acceptors (Lipinski definition) is 6. The minimum Gasteiger partial charge on any atom is -0.491 e. The molecule has 27 heavy (non-hydrogen) atoms. The van der Waals surface area contributed by atoms with Crippen molar-refractivity contribution in [1.82, 2.24) is 15.5 Å². The summed E-state index contributed by atoms with van der Waals surface area (Å²) in [4.78, 5) is 16.8. The largest absolute Gasteiger partial charge is 0.491 e. The van der Waals surface area contributed by atoms with Crippen LogP contribution in [0.4, 0.5) is 0 Å². The molecule has 0 unspecified atom stereocenters. The van der Waals surface area contributed by atoms with E-state index in [0.717, 1.165) is 11.1 Å². The molecule has 2 aromatic carbocycles. The van der Waals surface area contributed by atoms with Crippen molar-refractivity contribution in [2.24, 2.45) is 0 Å². The molecule has 2 heterocycles. The van der Waals surface area contributed by atoms with Crippen molar-refractivity contribution in [2.75, 3.05) is 6.61 Å². The number of carbonyl (C=O) groups is 1. The molecule has 0 radical (unpaired) electrons. The van der Waals surface area contributed by atoms with Gasteiger partial charge in [-0.15, -0.1) is 0 Å². The summed E-state index contributed by atoms with van der Waals surface area (Å²) in [5.74, 6) is 1.48. The van der Waals surface area contributed by atoms with E-state index in [1.807, 2.05) is 18.2 Å². The van der Waals surface area contributed by atoms with Crippen LogP contribution in [0.5, 0.6) is 5.75 Å². The molecule has 0 spiro atoms. The molecule has 0 bridgehead atoms. The van der Waals surface area contributed by atoms with Crippen molar-refractivity contribution in [2.45, 2.75) is 26.0 Å². The van der Waals surface area contributed by atoms with E-state index in [4.69, 9.17) is 9.26 Å². The Labute approximate surface area is 156 Å². The third-order valence-corrected chi connectivity index (χ3v) is 4.52. The van der Waals surface area contributed by atoms with Crippen LogP contribution in [0.2, 0.25) is 0 Å². The van der Waals surface area contributed by atoms with Gasteiger partial charge in [-0.3, -0.25) is 4.79 Å². The Bertz CT molecular complexity index is 996. The van der Waals surface area contributed by atoms with Gasteiger partial charge in [0, 0.05) is 23.6 Å². The molecule has 7 heteroatoms. The summed E-state index contributed by atoms with van der Waals surface area (Å²) in [5.41, 5.74) is 2.90. The van der Waals surface area contributed by atoms with E-state index in [2.05, 4.69) is 15.5 Å². The number of carbonyl (C=O) groups excluding carboxylic acids is 1. The zero-order valence-corrected chi connectivity index (χ0v) is 15.0. The fourth-order valence-corrected chi connectivity index (χ4v) is 3.07. The van der Waals surface area contributed by atoms with Crippen LogP contribution in [0.25, 0.3) is 11.4 Å². The first kappa shape index (κ1) is 17.2. The van der Waals surface area contributed by atoms with Gasteiger partial charge < -0.3 is 19.7 Å². The second-order valence-corrected chi connectivity index (χ2v) is 6.53. The number of ether oxygens (including phenoxy) is 1. The van der Waals surface area contributed by atoms with E-state index in [1.165, 1.54) is 0 Å². The molecule has 1 amide bonds. The number of aliphatic hydroxyl groups is 1. The van der Waals surface area contributed by atoms with Crippen molar-refractivity contribution in [3.05, 3.63) is 65.0 Å². The lowest BCUT2D eigenvalue weighted by molar-refractivity contribution is 0.0930. The minimum atomic E-state index is -0.625. The first-order valence-corrected chi connectivity index (χ1v) is 8.67. The predicted molar refractivity (Wildman–Crippen MR) is 97.2 cm³/mol. The van der Waals surface area contributed by atoms with Crippen LogP contribution in [-0.4, -0.2) is 27.8 Å². The van der Waals surface area contributed by atoms with E-state index < -0.39 is 6.10 Å². The summed E-state index contributed by atoms with van der Waals surface area (Å²) in [7, 11) is 0. The maximum absolute atomic E-state index is 12.6. The predicted octanol–water partition coefficient (Wildman–Crippen LogP) is 2.96. The monoisotopic (exact) mass is 365 g/mol. The highest BCUT2D eigenvalue weighted by atomic mass is 16.5. The van der Waals surface area contributed by atoms with Crippen LogP contribution < -0.4 is 10.1 Å². The third-order valence-electron chi connectivity index (χ3n) is 4.52. The lowest BCUT2D eigenvalue weighted by Gasteiger charge is -2.13. The van der Waals surface area contributed by atoms with Crippen LogP contribution in [-0.2, 0) is 0 Å². The second kappa shape index (κ2) is 6.85. The van der Waals surface area contributed by atoms with Gasteiger partial charge in [0.2, 0.25) is 11.7 Å². The summed E-state index contributed by atoms with van der Waals surface area (Å²) in [6.45, 7) is 3.76. The summed E-state index contributed by atoms with van der Waals surface area (Å²) in [5, 5.41) is 16.6. The average molecular weight is 365 g/mol. The van der Waals surface area contributed by atoms with E-state index >= 15 is 0 Å². The Morgan fingerprint density at radius 1 is 1.30 bits per heavy atom. The number of aromatic nitrogens is 2. The smallest absolute Gasteiger partial charge is 0.251 e. The zero-order chi connectivity index (χ0) is 19.0. The molecule has 1 aliphatic heterocycles.